The van der Waals surface area contributed by atoms with E-state index in [1.807, 2.05) is 20.8 Å². The number of alkyl carbamates (subject to hydrolysis) is 1. The van der Waals surface area contributed by atoms with Crippen LogP contribution in [0.4, 0.5) is 4.79 Å². The minimum absolute atomic E-state index is 0.288. The summed E-state index contributed by atoms with van der Waals surface area (Å²) < 4.78 is 5.22. The molecule has 0 radical (unpaired) electrons. The summed E-state index contributed by atoms with van der Waals surface area (Å²) in [6.45, 7) is 7.91. The van der Waals surface area contributed by atoms with Crippen LogP contribution in [0.5, 0.6) is 0 Å². The zero-order valence-corrected chi connectivity index (χ0v) is 11.2. The summed E-state index contributed by atoms with van der Waals surface area (Å²) in [5, 5.41) is 6.51. The molecule has 2 fully saturated rings. The number of carbonyl (C=O) groups excluding carboxylic acids is 1. The lowest BCUT2D eigenvalue weighted by Crippen LogP contribution is -2.53. The number of hydrogen-bond acceptors (Lipinski definition) is 3. The minimum atomic E-state index is -0.408. The zero-order valence-electron chi connectivity index (χ0n) is 11.2. The van der Waals surface area contributed by atoms with Crippen LogP contribution in [-0.2, 0) is 4.74 Å². The summed E-state index contributed by atoms with van der Waals surface area (Å²) in [5.74, 6) is 0.841. The number of hydrogen-bond donors (Lipinski definition) is 2. The molecular weight excluding hydrogens is 216 g/mol. The molecule has 2 unspecified atom stereocenters. The van der Waals surface area contributed by atoms with Crippen LogP contribution in [0.15, 0.2) is 0 Å². The molecule has 0 aromatic carbocycles. The highest BCUT2D eigenvalue weighted by atomic mass is 16.6. The fraction of sp³-hybridized carbons (Fsp3) is 0.923. The molecule has 2 aliphatic rings. The molecule has 0 saturated heterocycles. The Hall–Kier alpha value is -0.770. The van der Waals surface area contributed by atoms with Crippen LogP contribution in [0.25, 0.3) is 0 Å². The Balaban J connectivity index is 1.58. The molecule has 2 N–H and O–H groups in total. The van der Waals surface area contributed by atoms with E-state index in [9.17, 15) is 4.79 Å². The van der Waals surface area contributed by atoms with Gasteiger partial charge in [0.15, 0.2) is 0 Å². The summed E-state index contributed by atoms with van der Waals surface area (Å²) in [6.07, 6.45) is 3.08. The van der Waals surface area contributed by atoms with Gasteiger partial charge in [0.25, 0.3) is 0 Å². The van der Waals surface area contributed by atoms with Crippen molar-refractivity contribution in [3.8, 4) is 0 Å². The van der Waals surface area contributed by atoms with E-state index in [1.54, 1.807) is 0 Å². The van der Waals surface area contributed by atoms with Gasteiger partial charge in [0.2, 0.25) is 0 Å². The first kappa shape index (κ1) is 12.7. The van der Waals surface area contributed by atoms with Gasteiger partial charge in [-0.3, -0.25) is 0 Å². The zero-order chi connectivity index (χ0) is 12.6. The fourth-order valence-electron chi connectivity index (χ4n) is 2.20. The highest BCUT2D eigenvalue weighted by molar-refractivity contribution is 5.68. The summed E-state index contributed by atoms with van der Waals surface area (Å²) in [7, 11) is 0. The van der Waals surface area contributed by atoms with Crippen LogP contribution in [0.2, 0.25) is 0 Å². The van der Waals surface area contributed by atoms with Crippen LogP contribution in [0.1, 0.15) is 47.0 Å². The number of carbonyl (C=O) groups is 1. The highest BCUT2D eigenvalue weighted by Crippen LogP contribution is 2.32. The van der Waals surface area contributed by atoms with Crippen molar-refractivity contribution < 1.29 is 9.53 Å². The van der Waals surface area contributed by atoms with E-state index in [0.717, 1.165) is 24.8 Å². The average Bonchev–Trinajstić information content (AvgIpc) is 2.74. The Labute approximate surface area is 103 Å². The fourth-order valence-corrected chi connectivity index (χ4v) is 2.20. The van der Waals surface area contributed by atoms with E-state index >= 15 is 0 Å². The van der Waals surface area contributed by atoms with Crippen LogP contribution in [0, 0.1) is 5.92 Å². The Morgan fingerprint density at radius 2 is 1.76 bits per heavy atom. The Bertz CT molecular complexity index is 292. The van der Waals surface area contributed by atoms with E-state index in [2.05, 4.69) is 17.6 Å². The van der Waals surface area contributed by atoms with Gasteiger partial charge in [-0.25, -0.2) is 4.79 Å². The number of nitrogens with one attached hydrogen (secondary N) is 2. The quantitative estimate of drug-likeness (QED) is 0.793. The first-order valence-electron chi connectivity index (χ1n) is 6.59. The van der Waals surface area contributed by atoms with Gasteiger partial charge < -0.3 is 15.4 Å². The van der Waals surface area contributed by atoms with E-state index in [-0.39, 0.29) is 12.1 Å². The first-order chi connectivity index (χ1) is 7.83. The van der Waals surface area contributed by atoms with Gasteiger partial charge in [0.05, 0.1) is 0 Å². The molecule has 2 rings (SSSR count). The van der Waals surface area contributed by atoms with E-state index < -0.39 is 5.60 Å². The predicted molar refractivity (Wildman–Crippen MR) is 66.9 cm³/mol. The lowest BCUT2D eigenvalue weighted by Gasteiger charge is -2.37. The Kier molecular flexibility index (Phi) is 3.34. The smallest absolute Gasteiger partial charge is 0.407 e. The number of amides is 1. The third-order valence-corrected chi connectivity index (χ3v) is 3.42. The van der Waals surface area contributed by atoms with Crippen molar-refractivity contribution in [3.05, 3.63) is 0 Å². The van der Waals surface area contributed by atoms with Crippen molar-refractivity contribution in [2.75, 3.05) is 0 Å². The normalized spacial score (nSPS) is 36.0. The first-order valence-corrected chi connectivity index (χ1v) is 6.59. The third kappa shape index (κ3) is 3.87. The molecule has 0 heterocycles. The molecule has 0 aromatic heterocycles. The van der Waals surface area contributed by atoms with Gasteiger partial charge in [0, 0.05) is 18.1 Å². The minimum Gasteiger partial charge on any atom is -0.444 e. The predicted octanol–water partition coefficient (Wildman–Crippen LogP) is 2.04. The highest BCUT2D eigenvalue weighted by Gasteiger charge is 2.39. The average molecular weight is 240 g/mol. The van der Waals surface area contributed by atoms with E-state index in [0.29, 0.717) is 6.04 Å². The second-order valence-electron chi connectivity index (χ2n) is 6.50. The van der Waals surface area contributed by atoms with E-state index in [4.69, 9.17) is 4.74 Å². The molecule has 4 nitrogen and oxygen atoms in total. The second kappa shape index (κ2) is 4.48. The van der Waals surface area contributed by atoms with E-state index in [1.165, 1.54) is 6.42 Å². The van der Waals surface area contributed by atoms with Gasteiger partial charge in [-0.2, -0.15) is 0 Å². The van der Waals surface area contributed by atoms with Crippen molar-refractivity contribution >= 4 is 6.09 Å². The maximum Gasteiger partial charge on any atom is 0.407 e. The maximum absolute atomic E-state index is 11.5. The van der Waals surface area contributed by atoms with Crippen molar-refractivity contribution in [2.45, 2.75) is 70.7 Å². The maximum atomic E-state index is 11.5. The molecule has 2 atom stereocenters. The number of rotatable bonds is 3. The molecule has 2 aliphatic carbocycles. The molecule has 2 saturated carbocycles. The molecule has 0 spiro atoms. The summed E-state index contributed by atoms with van der Waals surface area (Å²) >= 11 is 0. The second-order valence-corrected chi connectivity index (χ2v) is 6.50. The Morgan fingerprint density at radius 1 is 1.18 bits per heavy atom. The summed E-state index contributed by atoms with van der Waals surface area (Å²) in [6, 6.07) is 1.60. The van der Waals surface area contributed by atoms with Gasteiger partial charge in [-0.1, -0.05) is 6.92 Å². The molecular formula is C13H24N2O2. The van der Waals surface area contributed by atoms with Gasteiger partial charge in [0.1, 0.15) is 5.60 Å². The van der Waals surface area contributed by atoms with Crippen molar-refractivity contribution in [3.63, 3.8) is 0 Å². The van der Waals surface area contributed by atoms with Gasteiger partial charge in [-0.05, 0) is 46.0 Å². The molecule has 17 heavy (non-hydrogen) atoms. The van der Waals surface area contributed by atoms with Crippen LogP contribution < -0.4 is 10.6 Å². The lowest BCUT2D eigenvalue weighted by atomic mass is 9.87. The molecule has 1 amide bonds. The van der Waals surface area contributed by atoms with Crippen LogP contribution in [-0.4, -0.2) is 29.8 Å². The Morgan fingerprint density at radius 3 is 2.24 bits per heavy atom. The third-order valence-electron chi connectivity index (χ3n) is 3.42. The molecule has 4 heteroatoms. The van der Waals surface area contributed by atoms with Crippen molar-refractivity contribution in [1.29, 1.82) is 0 Å². The summed E-state index contributed by atoms with van der Waals surface area (Å²) in [4.78, 5) is 11.5. The monoisotopic (exact) mass is 240 g/mol. The molecule has 0 aromatic rings. The lowest BCUT2D eigenvalue weighted by molar-refractivity contribution is 0.0465. The molecule has 98 valence electrons. The van der Waals surface area contributed by atoms with Gasteiger partial charge >= 0.3 is 6.09 Å². The van der Waals surface area contributed by atoms with Gasteiger partial charge in [-0.15, -0.1) is 0 Å². The standard InChI is InChI=1S/C13H24N2O2/c1-8-5-11(8)14-9-6-10(7-9)15-12(16)17-13(2,3)4/h8-11,14H,5-7H2,1-4H3,(H,15,16). The molecule has 0 aliphatic heterocycles. The van der Waals surface area contributed by atoms with Crippen molar-refractivity contribution in [2.24, 2.45) is 5.92 Å². The van der Waals surface area contributed by atoms with Crippen LogP contribution >= 0.6 is 0 Å². The topological polar surface area (TPSA) is 50.4 Å². The largest absolute Gasteiger partial charge is 0.444 e. The summed E-state index contributed by atoms with van der Waals surface area (Å²) in [5.41, 5.74) is -0.408. The van der Waals surface area contributed by atoms with Crippen LogP contribution in [0.3, 0.4) is 0 Å². The SMILES string of the molecule is CC1CC1NC1CC(NC(=O)OC(C)(C)C)C1. The molecule has 0 bridgehead atoms. The number of ether oxygens (including phenoxy) is 1. The van der Waals surface area contributed by atoms with Crippen molar-refractivity contribution in [1.82, 2.24) is 10.6 Å².